The van der Waals surface area contributed by atoms with Crippen molar-refractivity contribution in [3.63, 3.8) is 0 Å². The molecule has 1 heterocycles. The Morgan fingerprint density at radius 1 is 1.32 bits per heavy atom. The molecule has 128 valence electrons. The third-order valence-corrected chi connectivity index (χ3v) is 4.39. The first-order valence-electron chi connectivity index (χ1n) is 7.90. The highest BCUT2D eigenvalue weighted by Crippen LogP contribution is 2.09. The zero-order valence-corrected chi connectivity index (χ0v) is 14.4. The van der Waals surface area contributed by atoms with Crippen molar-refractivity contribution in [3.8, 4) is 0 Å². The summed E-state index contributed by atoms with van der Waals surface area (Å²) in [7, 11) is -2.91. The second kappa shape index (κ2) is 9.66. The first-order chi connectivity index (χ1) is 10.4. The van der Waals surface area contributed by atoms with Gasteiger partial charge in [0.15, 0.2) is 5.96 Å². The van der Waals surface area contributed by atoms with E-state index >= 15 is 0 Å². The minimum atomic E-state index is -2.91. The lowest BCUT2D eigenvalue weighted by atomic mass is 10.4. The van der Waals surface area contributed by atoms with Gasteiger partial charge in [-0.25, -0.2) is 8.42 Å². The third kappa shape index (κ3) is 8.21. The van der Waals surface area contributed by atoms with Crippen molar-refractivity contribution in [2.75, 3.05) is 44.7 Å². The minimum Gasteiger partial charge on any atom is -0.357 e. The molecule has 0 atom stereocenters. The van der Waals surface area contributed by atoms with Crippen molar-refractivity contribution < 1.29 is 13.2 Å². The van der Waals surface area contributed by atoms with E-state index < -0.39 is 9.84 Å². The van der Waals surface area contributed by atoms with Gasteiger partial charge in [-0.2, -0.15) is 0 Å². The quantitative estimate of drug-likeness (QED) is 0.352. The summed E-state index contributed by atoms with van der Waals surface area (Å²) in [5.74, 6) is 1.12. The number of likely N-dealkylation sites (tertiary alicyclic amines) is 1. The summed E-state index contributed by atoms with van der Waals surface area (Å²) in [5, 5.41) is 6.25. The van der Waals surface area contributed by atoms with Gasteiger partial charge in [0, 0.05) is 45.4 Å². The number of hydrogen-bond acceptors (Lipinski definition) is 4. The number of aliphatic imine (C=N–C) groups is 1. The average Bonchev–Trinajstić information content (AvgIpc) is 2.84. The standard InChI is InChI=1S/C14H28N4O3S/c1-3-15-14(17-9-6-12-22(2,20)21)16-8-5-11-18-10-4-7-13(18)19/h3-12H2,1-2H3,(H2,15,16,17). The topological polar surface area (TPSA) is 90.9 Å². The van der Waals surface area contributed by atoms with Gasteiger partial charge in [-0.15, -0.1) is 0 Å². The number of nitrogens with zero attached hydrogens (tertiary/aromatic N) is 2. The third-order valence-electron chi connectivity index (χ3n) is 3.36. The zero-order chi connectivity index (χ0) is 16.4. The molecule has 1 saturated heterocycles. The molecule has 22 heavy (non-hydrogen) atoms. The number of amides is 1. The van der Waals surface area contributed by atoms with E-state index in [-0.39, 0.29) is 11.7 Å². The Hall–Kier alpha value is -1.31. The molecular formula is C14H28N4O3S. The molecule has 7 nitrogen and oxygen atoms in total. The van der Waals surface area contributed by atoms with Gasteiger partial charge < -0.3 is 15.5 Å². The highest BCUT2D eigenvalue weighted by atomic mass is 32.2. The summed E-state index contributed by atoms with van der Waals surface area (Å²) in [6.07, 6.45) is 4.28. The fourth-order valence-corrected chi connectivity index (χ4v) is 2.94. The van der Waals surface area contributed by atoms with Crippen LogP contribution in [0.3, 0.4) is 0 Å². The first-order valence-corrected chi connectivity index (χ1v) is 9.96. The number of nitrogens with one attached hydrogen (secondary N) is 2. The molecule has 0 radical (unpaired) electrons. The number of hydrogen-bond donors (Lipinski definition) is 2. The maximum Gasteiger partial charge on any atom is 0.222 e. The van der Waals surface area contributed by atoms with Crippen molar-refractivity contribution in [1.29, 1.82) is 0 Å². The molecule has 0 aromatic rings. The Morgan fingerprint density at radius 2 is 2.09 bits per heavy atom. The molecule has 8 heteroatoms. The summed E-state index contributed by atoms with van der Waals surface area (Å²) >= 11 is 0. The maximum atomic E-state index is 11.5. The van der Waals surface area contributed by atoms with E-state index in [2.05, 4.69) is 15.6 Å². The molecule has 0 aromatic carbocycles. The molecule has 1 fully saturated rings. The molecule has 1 amide bonds. The van der Waals surface area contributed by atoms with Crippen LogP contribution in [0.25, 0.3) is 0 Å². The van der Waals surface area contributed by atoms with Gasteiger partial charge in [-0.1, -0.05) is 0 Å². The highest BCUT2D eigenvalue weighted by molar-refractivity contribution is 7.90. The molecule has 2 N–H and O–H groups in total. The lowest BCUT2D eigenvalue weighted by Gasteiger charge is -2.15. The second-order valence-electron chi connectivity index (χ2n) is 5.51. The van der Waals surface area contributed by atoms with E-state index in [1.807, 2.05) is 11.8 Å². The Morgan fingerprint density at radius 3 is 2.68 bits per heavy atom. The number of carbonyl (C=O) groups excluding carboxylic acids is 1. The van der Waals surface area contributed by atoms with E-state index in [9.17, 15) is 13.2 Å². The van der Waals surface area contributed by atoms with Crippen molar-refractivity contribution >= 4 is 21.7 Å². The molecule has 0 saturated carbocycles. The van der Waals surface area contributed by atoms with Crippen LogP contribution in [0.2, 0.25) is 0 Å². The van der Waals surface area contributed by atoms with Crippen molar-refractivity contribution in [1.82, 2.24) is 15.5 Å². The summed E-state index contributed by atoms with van der Waals surface area (Å²) < 4.78 is 22.1. The molecule has 0 aliphatic carbocycles. The predicted octanol–water partition coefficient (Wildman–Crippen LogP) is -0.0113. The Kier molecular flexibility index (Phi) is 8.22. The van der Waals surface area contributed by atoms with Crippen LogP contribution < -0.4 is 10.6 Å². The molecule has 0 spiro atoms. The highest BCUT2D eigenvalue weighted by Gasteiger charge is 2.18. The number of rotatable bonds is 9. The van der Waals surface area contributed by atoms with Crippen LogP contribution in [0.15, 0.2) is 4.99 Å². The van der Waals surface area contributed by atoms with Gasteiger partial charge in [0.1, 0.15) is 9.84 Å². The average molecular weight is 332 g/mol. The molecule has 0 unspecified atom stereocenters. The van der Waals surface area contributed by atoms with Crippen molar-refractivity contribution in [2.24, 2.45) is 4.99 Å². The van der Waals surface area contributed by atoms with Gasteiger partial charge in [0.2, 0.25) is 5.91 Å². The van der Waals surface area contributed by atoms with Gasteiger partial charge in [0.25, 0.3) is 0 Å². The fourth-order valence-electron chi connectivity index (χ4n) is 2.28. The smallest absolute Gasteiger partial charge is 0.222 e. The monoisotopic (exact) mass is 332 g/mol. The van der Waals surface area contributed by atoms with Crippen molar-refractivity contribution in [3.05, 3.63) is 0 Å². The van der Waals surface area contributed by atoms with Crippen LogP contribution in [0.5, 0.6) is 0 Å². The van der Waals surface area contributed by atoms with Gasteiger partial charge >= 0.3 is 0 Å². The summed E-state index contributed by atoms with van der Waals surface area (Å²) in [4.78, 5) is 17.8. The van der Waals surface area contributed by atoms with Crippen LogP contribution in [0.4, 0.5) is 0 Å². The second-order valence-corrected chi connectivity index (χ2v) is 7.77. The molecule has 1 rings (SSSR count). The lowest BCUT2D eigenvalue weighted by molar-refractivity contribution is -0.127. The van der Waals surface area contributed by atoms with E-state index in [4.69, 9.17) is 0 Å². The molecule has 1 aliphatic rings. The lowest BCUT2D eigenvalue weighted by Crippen LogP contribution is -2.38. The Bertz CT molecular complexity index is 476. The van der Waals surface area contributed by atoms with Gasteiger partial charge in [0.05, 0.1) is 5.75 Å². The molecular weight excluding hydrogens is 304 g/mol. The number of guanidine groups is 1. The van der Waals surface area contributed by atoms with Crippen LogP contribution in [-0.4, -0.2) is 69.9 Å². The SMILES string of the molecule is CCNC(=NCCCN1CCCC1=O)NCCCS(C)(=O)=O. The van der Waals surface area contributed by atoms with Gasteiger partial charge in [-0.3, -0.25) is 9.79 Å². The van der Waals surface area contributed by atoms with Crippen LogP contribution in [0, 0.1) is 0 Å². The molecule has 0 aromatic heterocycles. The predicted molar refractivity (Wildman–Crippen MR) is 88.7 cm³/mol. The van der Waals surface area contributed by atoms with Crippen molar-refractivity contribution in [2.45, 2.75) is 32.6 Å². The van der Waals surface area contributed by atoms with E-state index in [1.54, 1.807) is 0 Å². The van der Waals surface area contributed by atoms with E-state index in [0.717, 1.165) is 32.5 Å². The molecule has 0 bridgehead atoms. The zero-order valence-electron chi connectivity index (χ0n) is 13.6. The number of carbonyl (C=O) groups is 1. The van der Waals surface area contributed by atoms with Gasteiger partial charge in [-0.05, 0) is 26.2 Å². The summed E-state index contributed by atoms with van der Waals surface area (Å²) in [6, 6.07) is 0. The van der Waals surface area contributed by atoms with E-state index in [1.165, 1.54) is 6.26 Å². The minimum absolute atomic E-state index is 0.177. The largest absolute Gasteiger partial charge is 0.357 e. The summed E-state index contributed by atoms with van der Waals surface area (Å²) in [5.41, 5.74) is 0. The number of sulfone groups is 1. The maximum absolute atomic E-state index is 11.5. The normalized spacial score (nSPS) is 16.2. The molecule has 1 aliphatic heterocycles. The van der Waals surface area contributed by atoms with Crippen LogP contribution in [-0.2, 0) is 14.6 Å². The fraction of sp³-hybridized carbons (Fsp3) is 0.857. The van der Waals surface area contributed by atoms with Crippen LogP contribution >= 0.6 is 0 Å². The Balaban J connectivity index is 2.24. The van der Waals surface area contributed by atoms with Crippen LogP contribution in [0.1, 0.15) is 32.6 Å². The first kappa shape index (κ1) is 18.7. The Labute approximate surface area is 133 Å². The summed E-state index contributed by atoms with van der Waals surface area (Å²) in [6.45, 7) is 5.58. The van der Waals surface area contributed by atoms with E-state index in [0.29, 0.717) is 31.9 Å².